The Kier molecular flexibility index (Phi) is 8.26. The first-order chi connectivity index (χ1) is 16.9. The van der Waals surface area contributed by atoms with Crippen LogP contribution in [-0.2, 0) is 18.7 Å². The number of carbonyl (C=O) groups is 1. The van der Waals surface area contributed by atoms with Gasteiger partial charge in [-0.1, -0.05) is 85.7 Å². The summed E-state index contributed by atoms with van der Waals surface area (Å²) < 4.78 is 1.73. The van der Waals surface area contributed by atoms with Crippen molar-refractivity contribution >= 4 is 40.2 Å². The zero-order chi connectivity index (χ0) is 24.8. The van der Waals surface area contributed by atoms with Gasteiger partial charge >= 0.3 is 0 Å². The summed E-state index contributed by atoms with van der Waals surface area (Å²) in [6.45, 7) is 5.18. The summed E-state index contributed by atoms with van der Waals surface area (Å²) in [5.41, 5.74) is 3.03. The molecule has 4 rings (SSSR count). The first kappa shape index (κ1) is 25.0. The number of nitrogens with zero attached hydrogens (tertiary/aromatic N) is 2. The summed E-state index contributed by atoms with van der Waals surface area (Å²) >= 11 is 7.83. The second kappa shape index (κ2) is 11.6. The second-order valence-electron chi connectivity index (χ2n) is 8.80. The molecule has 180 valence electrons. The van der Waals surface area contributed by atoms with E-state index in [1.807, 2.05) is 56.3 Å². The Morgan fingerprint density at radius 1 is 1.06 bits per heavy atom. The Balaban J connectivity index is 1.69. The van der Waals surface area contributed by atoms with Crippen LogP contribution < -0.4 is 10.9 Å². The lowest BCUT2D eigenvalue weighted by molar-refractivity contribution is 0.0949. The van der Waals surface area contributed by atoms with Crippen molar-refractivity contribution in [3.8, 4) is 0 Å². The van der Waals surface area contributed by atoms with Crippen molar-refractivity contribution in [3.05, 3.63) is 105 Å². The molecular weight excluding hydrogens is 478 g/mol. The van der Waals surface area contributed by atoms with Crippen molar-refractivity contribution < 1.29 is 4.79 Å². The highest BCUT2D eigenvalue weighted by atomic mass is 35.5. The van der Waals surface area contributed by atoms with Gasteiger partial charge in [-0.3, -0.25) is 14.2 Å². The fourth-order valence-corrected chi connectivity index (χ4v) is 5.00. The molecule has 0 spiro atoms. The fourth-order valence-electron chi connectivity index (χ4n) is 3.69. The molecule has 35 heavy (non-hydrogen) atoms. The van der Waals surface area contributed by atoms with E-state index in [0.29, 0.717) is 57.8 Å². The topological polar surface area (TPSA) is 64.0 Å². The molecule has 1 amide bonds. The number of benzene rings is 3. The molecular formula is C28H28ClN3O2S. The van der Waals surface area contributed by atoms with E-state index in [1.54, 1.807) is 22.8 Å². The third-order valence-electron chi connectivity index (χ3n) is 5.63. The molecule has 0 aliphatic rings. The molecule has 0 unspecified atom stereocenters. The molecule has 7 heteroatoms. The number of nitrogens with one attached hydrogen (secondary N) is 1. The van der Waals surface area contributed by atoms with Gasteiger partial charge in [0, 0.05) is 29.4 Å². The van der Waals surface area contributed by atoms with Crippen LogP contribution in [0.2, 0.25) is 5.02 Å². The standard InChI is InChI=1S/C28H28ClN3O2S/c1-19(2)17-30-26(33)21-12-13-23-25(16-21)31-28(35-18-22-10-6-7-11-24(22)29)32(27(23)34)15-14-20-8-4-3-5-9-20/h3-13,16,19H,14-15,17-18H2,1-2H3,(H,30,33). The Hall–Kier alpha value is -3.09. The Morgan fingerprint density at radius 2 is 1.80 bits per heavy atom. The summed E-state index contributed by atoms with van der Waals surface area (Å²) in [7, 11) is 0. The highest BCUT2D eigenvalue weighted by molar-refractivity contribution is 7.98. The van der Waals surface area contributed by atoms with Gasteiger partial charge in [0.1, 0.15) is 0 Å². The third kappa shape index (κ3) is 6.32. The van der Waals surface area contributed by atoms with Crippen molar-refractivity contribution in [3.63, 3.8) is 0 Å². The van der Waals surface area contributed by atoms with Crippen molar-refractivity contribution in [1.82, 2.24) is 14.9 Å². The van der Waals surface area contributed by atoms with Crippen LogP contribution in [0.15, 0.2) is 82.7 Å². The number of amides is 1. The lowest BCUT2D eigenvalue weighted by atomic mass is 10.1. The largest absolute Gasteiger partial charge is 0.352 e. The van der Waals surface area contributed by atoms with Crippen LogP contribution in [0.1, 0.15) is 35.3 Å². The molecule has 0 fully saturated rings. The summed E-state index contributed by atoms with van der Waals surface area (Å²) in [5, 5.41) is 4.72. The first-order valence-corrected chi connectivity index (χ1v) is 13.0. The Labute approximate surface area is 214 Å². The first-order valence-electron chi connectivity index (χ1n) is 11.7. The molecule has 1 heterocycles. The molecule has 0 aliphatic carbocycles. The molecule has 0 saturated carbocycles. The average molecular weight is 506 g/mol. The van der Waals surface area contributed by atoms with Gasteiger partial charge in [0.25, 0.3) is 11.5 Å². The van der Waals surface area contributed by atoms with Crippen LogP contribution in [-0.4, -0.2) is 22.0 Å². The maximum atomic E-state index is 13.5. The van der Waals surface area contributed by atoms with Gasteiger partial charge < -0.3 is 5.32 Å². The van der Waals surface area contributed by atoms with Crippen molar-refractivity contribution in [2.75, 3.05) is 6.54 Å². The quantitative estimate of drug-likeness (QED) is 0.225. The van der Waals surface area contributed by atoms with E-state index < -0.39 is 0 Å². The summed E-state index contributed by atoms with van der Waals surface area (Å²) in [6.07, 6.45) is 0.712. The van der Waals surface area contributed by atoms with Gasteiger partial charge in [-0.05, 0) is 47.7 Å². The highest BCUT2D eigenvalue weighted by Crippen LogP contribution is 2.26. The van der Waals surface area contributed by atoms with Gasteiger partial charge in [0.2, 0.25) is 0 Å². The van der Waals surface area contributed by atoms with Crippen LogP contribution in [0.25, 0.3) is 10.9 Å². The highest BCUT2D eigenvalue weighted by Gasteiger charge is 2.15. The van der Waals surface area contributed by atoms with Crippen LogP contribution in [0, 0.1) is 5.92 Å². The number of halogens is 1. The normalized spacial score (nSPS) is 11.2. The predicted molar refractivity (Wildman–Crippen MR) is 144 cm³/mol. The smallest absolute Gasteiger partial charge is 0.262 e. The van der Waals surface area contributed by atoms with Crippen molar-refractivity contribution in [2.24, 2.45) is 5.92 Å². The van der Waals surface area contributed by atoms with Gasteiger partial charge in [0.15, 0.2) is 5.16 Å². The van der Waals surface area contributed by atoms with Crippen LogP contribution in [0.5, 0.6) is 0 Å². The monoisotopic (exact) mass is 505 g/mol. The molecule has 5 nitrogen and oxygen atoms in total. The van der Waals surface area contributed by atoms with Crippen LogP contribution >= 0.6 is 23.4 Å². The van der Waals surface area contributed by atoms with E-state index in [1.165, 1.54) is 11.8 Å². The Morgan fingerprint density at radius 3 is 2.54 bits per heavy atom. The number of thioether (sulfide) groups is 1. The van der Waals surface area contributed by atoms with E-state index in [2.05, 4.69) is 17.4 Å². The van der Waals surface area contributed by atoms with Crippen molar-refractivity contribution in [2.45, 2.75) is 37.7 Å². The van der Waals surface area contributed by atoms with Gasteiger partial charge in [-0.15, -0.1) is 0 Å². The fraction of sp³-hybridized carbons (Fsp3) is 0.250. The van der Waals surface area contributed by atoms with E-state index in [0.717, 1.165) is 11.1 Å². The lowest BCUT2D eigenvalue weighted by Gasteiger charge is -2.14. The second-order valence-corrected chi connectivity index (χ2v) is 10.2. The SMILES string of the molecule is CC(C)CNC(=O)c1ccc2c(=O)n(CCc3ccccc3)c(SCc3ccccc3Cl)nc2c1. The van der Waals surface area contributed by atoms with Crippen LogP contribution in [0.4, 0.5) is 0 Å². The number of hydrogen-bond acceptors (Lipinski definition) is 4. The molecule has 4 aromatic rings. The Bertz CT molecular complexity index is 1390. The number of aryl methyl sites for hydroxylation is 1. The number of aromatic nitrogens is 2. The van der Waals surface area contributed by atoms with E-state index in [4.69, 9.17) is 16.6 Å². The average Bonchev–Trinajstić information content (AvgIpc) is 2.86. The van der Waals surface area contributed by atoms with E-state index >= 15 is 0 Å². The molecule has 0 radical (unpaired) electrons. The molecule has 0 saturated heterocycles. The predicted octanol–water partition coefficient (Wildman–Crippen LogP) is 5.97. The maximum Gasteiger partial charge on any atom is 0.262 e. The summed E-state index contributed by atoms with van der Waals surface area (Å²) in [4.78, 5) is 31.0. The number of fused-ring (bicyclic) bond motifs is 1. The third-order valence-corrected chi connectivity index (χ3v) is 7.03. The minimum Gasteiger partial charge on any atom is -0.352 e. The molecule has 0 bridgehead atoms. The molecule has 0 aliphatic heterocycles. The van der Waals surface area contributed by atoms with Gasteiger partial charge in [0.05, 0.1) is 10.9 Å². The lowest BCUT2D eigenvalue weighted by Crippen LogP contribution is -2.28. The van der Waals surface area contributed by atoms with E-state index in [-0.39, 0.29) is 11.5 Å². The zero-order valence-electron chi connectivity index (χ0n) is 19.8. The molecule has 1 N–H and O–H groups in total. The van der Waals surface area contributed by atoms with Crippen molar-refractivity contribution in [1.29, 1.82) is 0 Å². The number of hydrogen-bond donors (Lipinski definition) is 1. The molecule has 1 aromatic heterocycles. The molecule has 3 aromatic carbocycles. The van der Waals surface area contributed by atoms with Gasteiger partial charge in [-0.2, -0.15) is 0 Å². The van der Waals surface area contributed by atoms with Crippen LogP contribution in [0.3, 0.4) is 0 Å². The van der Waals surface area contributed by atoms with Gasteiger partial charge in [-0.25, -0.2) is 4.98 Å². The zero-order valence-corrected chi connectivity index (χ0v) is 21.4. The number of rotatable bonds is 9. The molecule has 0 atom stereocenters. The minimum atomic E-state index is -0.166. The minimum absolute atomic E-state index is 0.110. The maximum absolute atomic E-state index is 13.5. The summed E-state index contributed by atoms with van der Waals surface area (Å²) in [5.74, 6) is 0.764. The number of carbonyl (C=O) groups excluding carboxylic acids is 1. The van der Waals surface area contributed by atoms with E-state index in [9.17, 15) is 9.59 Å². The summed E-state index contributed by atoms with van der Waals surface area (Å²) in [6, 6.07) is 22.8.